The minimum absolute atomic E-state index is 0.0110. The number of oxazole rings is 1. The number of nitrogens with zero attached hydrogens (tertiary/aromatic N) is 4. The van der Waals surface area contributed by atoms with Crippen molar-refractivity contribution in [3.8, 4) is 6.07 Å². The lowest BCUT2D eigenvalue weighted by Gasteiger charge is -2.40. The number of hydrogen-bond donors (Lipinski definition) is 2. The van der Waals surface area contributed by atoms with E-state index < -0.39 is 28.6 Å². The molecule has 1 saturated heterocycles. The normalized spacial score (nSPS) is 20.6. The van der Waals surface area contributed by atoms with E-state index in [1.165, 1.54) is 4.31 Å². The van der Waals surface area contributed by atoms with Crippen molar-refractivity contribution in [3.05, 3.63) is 46.1 Å². The summed E-state index contributed by atoms with van der Waals surface area (Å²) < 4.78 is 35.3. The van der Waals surface area contributed by atoms with Crippen molar-refractivity contribution in [1.29, 1.82) is 5.26 Å². The Kier molecular flexibility index (Phi) is 7.28. The molecule has 0 radical (unpaired) electrons. The lowest BCUT2D eigenvalue weighted by Crippen LogP contribution is -2.56. The fourth-order valence-electron chi connectivity index (χ4n) is 4.89. The summed E-state index contributed by atoms with van der Waals surface area (Å²) in [5, 5.41) is 23.6. The number of fused-ring (bicyclic) bond motifs is 2. The maximum absolute atomic E-state index is 13.7. The number of nitrogens with one attached hydrogen (secondary N) is 1. The number of thiophene rings is 1. The topological polar surface area (TPSA) is 140 Å². The highest BCUT2D eigenvalue weighted by molar-refractivity contribution is 7.91. The number of nitriles is 1. The van der Waals surface area contributed by atoms with Gasteiger partial charge in [0.1, 0.15) is 9.97 Å². The molecule has 2 N–H and O–H groups in total. The maximum Gasteiger partial charge on any atom is 0.310 e. The monoisotopic (exact) mass is 563 g/mol. The molecule has 2 aliphatic heterocycles. The predicted molar refractivity (Wildman–Crippen MR) is 138 cm³/mol. The average molecular weight is 564 g/mol. The van der Waals surface area contributed by atoms with Crippen molar-refractivity contribution in [2.75, 3.05) is 19.6 Å². The number of piperazine rings is 1. The number of halogens is 1. The predicted octanol–water partition coefficient (Wildman–Crippen LogP) is 2.89. The van der Waals surface area contributed by atoms with E-state index >= 15 is 0 Å². The van der Waals surface area contributed by atoms with Crippen molar-refractivity contribution in [2.45, 2.75) is 55.6 Å². The van der Waals surface area contributed by atoms with Gasteiger partial charge in [-0.2, -0.15) is 9.57 Å². The number of aromatic nitrogens is 1. The molecule has 1 aromatic carbocycles. The van der Waals surface area contributed by atoms with Gasteiger partial charge in [0, 0.05) is 59.8 Å². The van der Waals surface area contributed by atoms with Gasteiger partial charge in [0.05, 0.1) is 24.9 Å². The van der Waals surface area contributed by atoms with E-state index in [0.717, 1.165) is 17.0 Å². The van der Waals surface area contributed by atoms with Crippen LogP contribution in [-0.4, -0.2) is 65.3 Å². The summed E-state index contributed by atoms with van der Waals surface area (Å²) in [7, 11) is -3.98. The highest BCUT2D eigenvalue weighted by Gasteiger charge is 2.39. The van der Waals surface area contributed by atoms with Crippen LogP contribution in [0.5, 0.6) is 0 Å². The van der Waals surface area contributed by atoms with Crippen LogP contribution in [0.2, 0.25) is 5.02 Å². The zero-order chi connectivity index (χ0) is 26.3. The van der Waals surface area contributed by atoms with Crippen molar-refractivity contribution < 1.29 is 22.7 Å². The highest BCUT2D eigenvalue weighted by atomic mass is 35.5. The van der Waals surface area contributed by atoms with Crippen LogP contribution in [0.1, 0.15) is 47.5 Å². The van der Waals surface area contributed by atoms with Crippen molar-refractivity contribution in [2.24, 2.45) is 0 Å². The Morgan fingerprint density at radius 1 is 1.41 bits per heavy atom. The quantitative estimate of drug-likeness (QED) is 0.466. The smallest absolute Gasteiger partial charge is 0.310 e. The molecule has 2 unspecified atom stereocenters. The molecule has 0 aliphatic carbocycles. The number of aliphatic hydroxyl groups excluding tert-OH is 1. The third kappa shape index (κ3) is 4.87. The Hall–Kier alpha value is -2.53. The Morgan fingerprint density at radius 3 is 2.97 bits per heavy atom. The van der Waals surface area contributed by atoms with Crippen LogP contribution in [-0.2, 0) is 29.6 Å². The number of sulfonamides is 1. The number of benzene rings is 1. The molecule has 10 nitrogen and oxygen atoms in total. The van der Waals surface area contributed by atoms with Crippen molar-refractivity contribution >= 4 is 49.0 Å². The van der Waals surface area contributed by atoms with Crippen LogP contribution >= 0.6 is 22.9 Å². The Morgan fingerprint density at radius 2 is 2.22 bits per heavy atom. The van der Waals surface area contributed by atoms with Gasteiger partial charge < -0.3 is 19.7 Å². The molecule has 1 amide bonds. The summed E-state index contributed by atoms with van der Waals surface area (Å²) >= 11 is 7.16. The van der Waals surface area contributed by atoms with E-state index in [-0.39, 0.29) is 42.2 Å². The van der Waals surface area contributed by atoms with E-state index in [1.807, 2.05) is 6.92 Å². The molecule has 4 heterocycles. The van der Waals surface area contributed by atoms with Crippen LogP contribution in [0.15, 0.2) is 26.8 Å². The largest absolute Gasteiger partial charge is 0.436 e. The van der Waals surface area contributed by atoms with E-state index in [4.69, 9.17) is 16.0 Å². The third-order valence-electron chi connectivity index (χ3n) is 6.82. The van der Waals surface area contributed by atoms with Crippen molar-refractivity contribution in [3.63, 3.8) is 0 Å². The standard InChI is InChI=1S/C24H26ClN5O5S2/c1-14-9-19-20(11-27-14)35-22(28-19)23(32)30-8-7-29(12-16(30)3-2-6-26)37(33,34)24-18(13-31)17-5-4-15(25)10-21(17)36-24/h4-5,10,14,16,27,31H,2-3,7-9,11-13H2,1H3. The van der Waals surface area contributed by atoms with Gasteiger partial charge in [0.25, 0.3) is 15.9 Å². The van der Waals surface area contributed by atoms with E-state index in [0.29, 0.717) is 45.8 Å². The SMILES string of the molecule is CC1Cc2nc(C(=O)N3CCN(S(=O)(=O)c4sc5cc(Cl)ccc5c4CO)CC3CCC#N)oc2CN1. The molecule has 3 aromatic rings. The van der Waals surface area contributed by atoms with E-state index in [9.17, 15) is 23.6 Å². The zero-order valence-corrected chi connectivity index (χ0v) is 22.5. The number of amides is 1. The second kappa shape index (κ2) is 10.3. The number of carbonyl (C=O) groups excluding carboxylic acids is 1. The van der Waals surface area contributed by atoms with Gasteiger partial charge in [-0.1, -0.05) is 17.7 Å². The molecule has 2 aromatic heterocycles. The zero-order valence-electron chi connectivity index (χ0n) is 20.1. The lowest BCUT2D eigenvalue weighted by molar-refractivity contribution is 0.0512. The molecule has 0 bridgehead atoms. The van der Waals surface area contributed by atoms with Crippen LogP contribution in [0.4, 0.5) is 0 Å². The van der Waals surface area contributed by atoms with Gasteiger partial charge in [-0.05, 0) is 30.9 Å². The summed E-state index contributed by atoms with van der Waals surface area (Å²) in [5.74, 6) is 0.218. The van der Waals surface area contributed by atoms with E-state index in [1.54, 1.807) is 23.1 Å². The molecule has 13 heteroatoms. The molecule has 37 heavy (non-hydrogen) atoms. The minimum Gasteiger partial charge on any atom is -0.436 e. The first-order valence-electron chi connectivity index (χ1n) is 11.9. The third-order valence-corrected chi connectivity index (χ3v) is 10.7. The number of carbonyl (C=O) groups is 1. The van der Waals surface area contributed by atoms with Crippen LogP contribution < -0.4 is 5.32 Å². The molecule has 1 fully saturated rings. The van der Waals surface area contributed by atoms with Crippen LogP contribution in [0.25, 0.3) is 10.1 Å². The number of rotatable bonds is 6. The molecule has 2 aliphatic rings. The van der Waals surface area contributed by atoms with Crippen LogP contribution in [0, 0.1) is 11.3 Å². The number of hydrogen-bond acceptors (Lipinski definition) is 9. The maximum atomic E-state index is 13.7. The summed E-state index contributed by atoms with van der Waals surface area (Å²) in [6.07, 6.45) is 1.13. The van der Waals surface area contributed by atoms with Crippen LogP contribution in [0.3, 0.4) is 0 Å². The first kappa shape index (κ1) is 26.1. The summed E-state index contributed by atoms with van der Waals surface area (Å²) in [4.78, 5) is 19.4. The fourth-order valence-corrected chi connectivity index (χ4v) is 8.53. The molecular weight excluding hydrogens is 538 g/mol. The first-order chi connectivity index (χ1) is 17.7. The summed E-state index contributed by atoms with van der Waals surface area (Å²) in [6.45, 7) is 2.30. The van der Waals surface area contributed by atoms with Gasteiger partial charge >= 0.3 is 5.91 Å². The van der Waals surface area contributed by atoms with Gasteiger partial charge in [-0.25, -0.2) is 13.4 Å². The Balaban J connectivity index is 1.42. The summed E-state index contributed by atoms with van der Waals surface area (Å²) in [6, 6.07) is 6.83. The lowest BCUT2D eigenvalue weighted by atomic mass is 10.1. The average Bonchev–Trinajstić information content (AvgIpc) is 3.47. The first-order valence-corrected chi connectivity index (χ1v) is 14.6. The van der Waals surface area contributed by atoms with Crippen molar-refractivity contribution in [1.82, 2.24) is 19.5 Å². The fraction of sp³-hybridized carbons (Fsp3) is 0.458. The summed E-state index contributed by atoms with van der Waals surface area (Å²) in [5.41, 5.74) is 1.09. The molecular formula is C24H26ClN5O5S2. The Bertz CT molecular complexity index is 1490. The highest BCUT2D eigenvalue weighted by Crippen LogP contribution is 2.38. The van der Waals surface area contributed by atoms with Gasteiger partial charge in [-0.15, -0.1) is 11.3 Å². The second-order valence-corrected chi connectivity index (χ2v) is 12.9. The minimum atomic E-state index is -3.98. The Labute approximate surface area is 223 Å². The van der Waals surface area contributed by atoms with Gasteiger partial charge in [-0.3, -0.25) is 4.79 Å². The van der Waals surface area contributed by atoms with Gasteiger partial charge in [0.2, 0.25) is 0 Å². The molecule has 5 rings (SSSR count). The molecule has 0 spiro atoms. The molecule has 2 atom stereocenters. The number of aliphatic hydroxyl groups is 1. The molecule has 0 saturated carbocycles. The van der Waals surface area contributed by atoms with E-state index in [2.05, 4.69) is 16.4 Å². The molecule has 196 valence electrons. The van der Waals surface area contributed by atoms with Gasteiger partial charge in [0.15, 0.2) is 0 Å². The second-order valence-electron chi connectivity index (χ2n) is 9.25.